The summed E-state index contributed by atoms with van der Waals surface area (Å²) in [5, 5.41) is -0.0113. The molecule has 0 aliphatic carbocycles. The van der Waals surface area contributed by atoms with Gasteiger partial charge in [-0.15, -0.1) is 0 Å². The minimum atomic E-state index is -3.76. The van der Waals surface area contributed by atoms with Crippen molar-refractivity contribution in [3.8, 4) is 0 Å². The Morgan fingerprint density at radius 3 is 2.52 bits per heavy atom. The molecule has 6 nitrogen and oxygen atoms in total. The molecule has 8 heteroatoms. The van der Waals surface area contributed by atoms with Crippen LogP contribution in [0.3, 0.4) is 0 Å². The predicted molar refractivity (Wildman–Crippen MR) is 85.9 cm³/mol. The summed E-state index contributed by atoms with van der Waals surface area (Å²) in [7, 11) is -0.568. The lowest BCUT2D eigenvalue weighted by atomic mass is 10.2. The molecule has 1 aromatic heterocycles. The second kappa shape index (κ2) is 5.45. The Bertz CT molecular complexity index is 777. The van der Waals surface area contributed by atoms with Gasteiger partial charge in [0.15, 0.2) is 5.03 Å². The highest BCUT2D eigenvalue weighted by molar-refractivity contribution is 7.92. The normalized spacial score (nSPS) is 11.4. The fraction of sp³-hybridized carbons (Fsp3) is 0.231. The predicted octanol–water partition coefficient (Wildman–Crippen LogP) is 1.19. The Balaban J connectivity index is 2.53. The first-order valence-corrected chi connectivity index (χ1v) is 7.97. The van der Waals surface area contributed by atoms with Crippen molar-refractivity contribution in [3.05, 3.63) is 41.9 Å². The number of sulfonamides is 1. The molecule has 1 aromatic carbocycles. The van der Waals surface area contributed by atoms with Gasteiger partial charge in [0.1, 0.15) is 10.8 Å². The van der Waals surface area contributed by atoms with Crippen LogP contribution in [0.1, 0.15) is 11.4 Å². The van der Waals surface area contributed by atoms with E-state index in [1.165, 1.54) is 13.2 Å². The summed E-state index contributed by atoms with van der Waals surface area (Å²) in [5.74, 6) is 0.615. The number of nitrogens with two attached hydrogens (primary N) is 1. The van der Waals surface area contributed by atoms with Gasteiger partial charge in [-0.25, -0.2) is 4.98 Å². The first kappa shape index (κ1) is 15.5. The quantitative estimate of drug-likeness (QED) is 0.854. The average Bonchev–Trinajstić information content (AvgIpc) is 2.78. The number of hydrogen-bond acceptors (Lipinski definition) is 4. The van der Waals surface area contributed by atoms with E-state index in [9.17, 15) is 8.42 Å². The number of nitrogens with zero attached hydrogens (tertiary/aromatic N) is 3. The number of imidazole rings is 1. The Kier molecular flexibility index (Phi) is 4.02. The smallest absolute Gasteiger partial charge is 0.283 e. The van der Waals surface area contributed by atoms with Crippen molar-refractivity contribution in [1.29, 1.82) is 0 Å². The van der Waals surface area contributed by atoms with Crippen LogP contribution < -0.4 is 10.0 Å². The zero-order valence-corrected chi connectivity index (χ0v) is 13.6. The lowest BCUT2D eigenvalue weighted by molar-refractivity contribution is 0.591. The van der Waals surface area contributed by atoms with E-state index in [1.807, 2.05) is 0 Å². The van der Waals surface area contributed by atoms with Crippen LogP contribution in [0.4, 0.5) is 5.69 Å². The number of hydrogen-bond donors (Lipinski definition) is 1. The van der Waals surface area contributed by atoms with Gasteiger partial charge in [0, 0.05) is 25.9 Å². The van der Waals surface area contributed by atoms with Crippen molar-refractivity contribution in [2.45, 2.75) is 11.9 Å². The summed E-state index contributed by atoms with van der Waals surface area (Å²) >= 11 is 4.97. The molecular formula is C13H16N4O2S2. The van der Waals surface area contributed by atoms with Crippen LogP contribution >= 0.6 is 12.2 Å². The molecule has 0 saturated heterocycles. The lowest BCUT2D eigenvalue weighted by Gasteiger charge is -2.20. The van der Waals surface area contributed by atoms with E-state index in [1.54, 1.807) is 42.8 Å². The highest BCUT2D eigenvalue weighted by Gasteiger charge is 2.26. The number of benzene rings is 1. The topological polar surface area (TPSA) is 81.2 Å². The van der Waals surface area contributed by atoms with E-state index in [-0.39, 0.29) is 10.0 Å². The fourth-order valence-electron chi connectivity index (χ4n) is 1.88. The van der Waals surface area contributed by atoms with E-state index in [2.05, 4.69) is 4.98 Å². The zero-order chi connectivity index (χ0) is 15.8. The van der Waals surface area contributed by atoms with Crippen LogP contribution in [-0.4, -0.2) is 30.0 Å². The first-order valence-electron chi connectivity index (χ1n) is 6.13. The molecule has 0 atom stereocenters. The number of rotatable bonds is 4. The molecule has 0 fully saturated rings. The average molecular weight is 324 g/mol. The fourth-order valence-corrected chi connectivity index (χ4v) is 3.29. The molecular weight excluding hydrogens is 308 g/mol. The summed E-state index contributed by atoms with van der Waals surface area (Å²) in [6.45, 7) is 1.74. The van der Waals surface area contributed by atoms with Crippen LogP contribution in [0.5, 0.6) is 0 Å². The van der Waals surface area contributed by atoms with Crippen LogP contribution in [0.2, 0.25) is 0 Å². The number of thiocarbonyl (C=S) groups is 1. The van der Waals surface area contributed by atoms with Gasteiger partial charge in [-0.2, -0.15) is 8.42 Å². The highest BCUT2D eigenvalue weighted by Crippen LogP contribution is 2.25. The van der Waals surface area contributed by atoms with Gasteiger partial charge < -0.3 is 10.3 Å². The number of aryl methyl sites for hydroxylation is 2. The third-order valence-corrected chi connectivity index (χ3v) is 5.08. The maximum absolute atomic E-state index is 12.6. The molecule has 0 radical (unpaired) electrons. The molecule has 2 aromatic rings. The van der Waals surface area contributed by atoms with Gasteiger partial charge in [-0.1, -0.05) is 24.4 Å². The molecule has 2 rings (SSSR count). The first-order chi connectivity index (χ1) is 9.75. The summed E-state index contributed by atoms with van der Waals surface area (Å²) < 4.78 is 28.1. The van der Waals surface area contributed by atoms with Crippen LogP contribution in [0.25, 0.3) is 0 Å². The van der Waals surface area contributed by atoms with Gasteiger partial charge in [0.25, 0.3) is 10.0 Å². The van der Waals surface area contributed by atoms with Gasteiger partial charge in [0.2, 0.25) is 0 Å². The third-order valence-electron chi connectivity index (χ3n) is 3.22. The highest BCUT2D eigenvalue weighted by atomic mass is 32.2. The molecule has 0 saturated carbocycles. The van der Waals surface area contributed by atoms with E-state index >= 15 is 0 Å². The molecule has 0 bridgehead atoms. The van der Waals surface area contributed by atoms with Gasteiger partial charge >= 0.3 is 0 Å². The van der Waals surface area contributed by atoms with Crippen LogP contribution in [-0.2, 0) is 17.1 Å². The van der Waals surface area contributed by atoms with Gasteiger partial charge in [0.05, 0.1) is 5.69 Å². The molecule has 2 N–H and O–H groups in total. The molecule has 0 aliphatic rings. The number of anilines is 1. The van der Waals surface area contributed by atoms with Gasteiger partial charge in [-0.3, -0.25) is 4.31 Å². The maximum Gasteiger partial charge on any atom is 0.283 e. The van der Waals surface area contributed by atoms with Crippen molar-refractivity contribution in [2.24, 2.45) is 12.8 Å². The second-order valence-corrected chi connectivity index (χ2v) is 6.95. The minimum Gasteiger partial charge on any atom is -0.389 e. The summed E-state index contributed by atoms with van der Waals surface area (Å²) in [4.78, 5) is 4.22. The maximum atomic E-state index is 12.6. The molecule has 0 aliphatic heterocycles. The number of aromatic nitrogens is 2. The summed E-state index contributed by atoms with van der Waals surface area (Å²) in [6, 6.07) is 6.82. The molecule has 0 spiro atoms. The van der Waals surface area contributed by atoms with Crippen molar-refractivity contribution in [2.75, 3.05) is 11.4 Å². The Hall–Kier alpha value is -1.93. The third kappa shape index (κ3) is 2.77. The largest absolute Gasteiger partial charge is 0.389 e. The van der Waals surface area contributed by atoms with Crippen molar-refractivity contribution >= 4 is 32.9 Å². The number of para-hydroxylation sites is 1. The van der Waals surface area contributed by atoms with E-state index in [0.29, 0.717) is 17.1 Å². The summed E-state index contributed by atoms with van der Waals surface area (Å²) in [5.41, 5.74) is 6.58. The second-order valence-electron chi connectivity index (χ2n) is 4.59. The zero-order valence-electron chi connectivity index (χ0n) is 11.9. The standard InChI is InChI=1S/C13H16N4O2S2/c1-9-15-12(8-16(9)2)21(18,19)17(3)11-7-5-4-6-10(11)13(14)20/h4-8H,1-3H3,(H2,14,20). The molecule has 1 heterocycles. The summed E-state index contributed by atoms with van der Waals surface area (Å²) in [6.07, 6.45) is 1.48. The van der Waals surface area contributed by atoms with E-state index in [0.717, 1.165) is 4.31 Å². The van der Waals surface area contributed by atoms with Crippen molar-refractivity contribution < 1.29 is 8.42 Å². The van der Waals surface area contributed by atoms with E-state index in [4.69, 9.17) is 18.0 Å². The molecule has 21 heavy (non-hydrogen) atoms. The SMILES string of the molecule is Cc1nc(S(=O)(=O)N(C)c2ccccc2C(N)=S)cn1C. The lowest BCUT2D eigenvalue weighted by Crippen LogP contribution is -2.29. The monoisotopic (exact) mass is 324 g/mol. The van der Waals surface area contributed by atoms with Gasteiger partial charge in [-0.05, 0) is 19.1 Å². The van der Waals surface area contributed by atoms with Crippen molar-refractivity contribution in [1.82, 2.24) is 9.55 Å². The van der Waals surface area contributed by atoms with Crippen LogP contribution in [0, 0.1) is 6.92 Å². The Labute approximate surface area is 129 Å². The molecule has 0 unspecified atom stereocenters. The molecule has 112 valence electrons. The van der Waals surface area contributed by atoms with Crippen molar-refractivity contribution in [3.63, 3.8) is 0 Å². The molecule has 0 amide bonds. The Morgan fingerprint density at radius 1 is 1.38 bits per heavy atom. The van der Waals surface area contributed by atoms with Crippen LogP contribution in [0.15, 0.2) is 35.5 Å². The Morgan fingerprint density at radius 2 is 2.00 bits per heavy atom. The minimum absolute atomic E-state index is 0.0113. The van der Waals surface area contributed by atoms with E-state index < -0.39 is 10.0 Å².